The van der Waals surface area contributed by atoms with Gasteiger partial charge in [-0.25, -0.2) is 4.79 Å². The molecule has 0 aliphatic rings. The highest BCUT2D eigenvalue weighted by atomic mass is 32.1. The number of aryl methyl sites for hydroxylation is 1. The average Bonchev–Trinajstić information content (AvgIpc) is 2.55. The first-order chi connectivity index (χ1) is 9.08. The van der Waals surface area contributed by atoms with Gasteiger partial charge in [0.05, 0.1) is 5.56 Å². The lowest BCUT2D eigenvalue weighted by molar-refractivity contribution is -0.117. The molecular weight excluding hydrogens is 274 g/mol. The molecule has 4 nitrogen and oxygen atoms in total. The van der Waals surface area contributed by atoms with E-state index in [1.54, 1.807) is 6.07 Å². The first kappa shape index (κ1) is 16.7. The van der Waals surface area contributed by atoms with E-state index < -0.39 is 5.97 Å². The smallest absolute Gasteiger partial charge is 0.338 e. The van der Waals surface area contributed by atoms with Gasteiger partial charge in [0.15, 0.2) is 0 Å². The normalized spacial score (nSPS) is 13.1. The molecule has 0 aliphatic heterocycles. The Balaban J connectivity index is 2.65. The molecule has 1 heterocycles. The van der Waals surface area contributed by atoms with E-state index >= 15 is 0 Å². The zero-order valence-corrected chi connectivity index (χ0v) is 13.6. The Hall–Kier alpha value is -1.36. The van der Waals surface area contributed by atoms with Gasteiger partial charge in [-0.15, -0.1) is 11.3 Å². The fourth-order valence-corrected chi connectivity index (χ4v) is 3.30. The maximum Gasteiger partial charge on any atom is 0.338 e. The van der Waals surface area contributed by atoms with Crippen LogP contribution in [0, 0.1) is 18.3 Å². The van der Waals surface area contributed by atoms with Crippen LogP contribution < -0.4 is 5.32 Å². The fraction of sp³-hybridized carbons (Fsp3) is 0.600. The van der Waals surface area contributed by atoms with E-state index in [1.165, 1.54) is 11.3 Å². The van der Waals surface area contributed by atoms with Crippen LogP contribution in [-0.4, -0.2) is 17.0 Å². The number of nitrogens with one attached hydrogen (secondary N) is 1. The second-order valence-electron chi connectivity index (χ2n) is 6.53. The van der Waals surface area contributed by atoms with Crippen LogP contribution in [0.2, 0.25) is 0 Å². The number of carbonyl (C=O) groups is 2. The maximum absolute atomic E-state index is 12.0. The summed E-state index contributed by atoms with van der Waals surface area (Å²) >= 11 is 1.30. The molecule has 0 aromatic carbocycles. The predicted molar refractivity (Wildman–Crippen MR) is 82.5 cm³/mol. The average molecular weight is 297 g/mol. The van der Waals surface area contributed by atoms with Crippen LogP contribution >= 0.6 is 11.3 Å². The van der Waals surface area contributed by atoms with Crippen molar-refractivity contribution in [3.05, 3.63) is 16.5 Å². The van der Waals surface area contributed by atoms with Gasteiger partial charge in [0.1, 0.15) is 5.00 Å². The van der Waals surface area contributed by atoms with Crippen molar-refractivity contribution in [3.8, 4) is 0 Å². The molecule has 0 saturated heterocycles. The molecule has 5 heteroatoms. The van der Waals surface area contributed by atoms with Crippen molar-refractivity contribution in [2.45, 2.75) is 47.5 Å². The largest absolute Gasteiger partial charge is 0.478 e. The molecule has 1 aromatic heterocycles. The summed E-state index contributed by atoms with van der Waals surface area (Å²) in [6, 6.07) is 1.58. The number of carboxylic acids is 1. The van der Waals surface area contributed by atoms with Crippen LogP contribution in [-0.2, 0) is 4.79 Å². The molecule has 0 saturated carbocycles. The van der Waals surface area contributed by atoms with Gasteiger partial charge >= 0.3 is 5.97 Å². The summed E-state index contributed by atoms with van der Waals surface area (Å²) < 4.78 is 0. The van der Waals surface area contributed by atoms with E-state index in [1.807, 2.05) is 13.8 Å². The number of hydrogen-bond acceptors (Lipinski definition) is 3. The van der Waals surface area contributed by atoms with Gasteiger partial charge in [-0.1, -0.05) is 27.7 Å². The molecule has 112 valence electrons. The lowest BCUT2D eigenvalue weighted by Crippen LogP contribution is -2.19. The monoisotopic (exact) mass is 297 g/mol. The third kappa shape index (κ3) is 5.33. The number of thiophene rings is 1. The Kier molecular flexibility index (Phi) is 5.34. The molecule has 2 N–H and O–H groups in total. The summed E-state index contributed by atoms with van der Waals surface area (Å²) in [5.74, 6) is -0.858. The Labute approximate surface area is 124 Å². The van der Waals surface area contributed by atoms with E-state index in [9.17, 15) is 9.59 Å². The second-order valence-corrected chi connectivity index (χ2v) is 7.78. The molecule has 1 rings (SSSR count). The number of carboxylic acid groups (broad SMARTS) is 1. The molecule has 0 spiro atoms. The summed E-state index contributed by atoms with van der Waals surface area (Å²) in [5, 5.41) is 12.2. The first-order valence-corrected chi connectivity index (χ1v) is 7.53. The minimum absolute atomic E-state index is 0.119. The lowest BCUT2D eigenvalue weighted by atomic mass is 9.84. The van der Waals surface area contributed by atoms with Crippen LogP contribution in [0.15, 0.2) is 6.07 Å². The highest BCUT2D eigenvalue weighted by molar-refractivity contribution is 7.16. The van der Waals surface area contributed by atoms with Gasteiger partial charge < -0.3 is 10.4 Å². The molecule has 0 fully saturated rings. The third-order valence-corrected chi connectivity index (χ3v) is 3.80. The molecule has 1 aromatic rings. The summed E-state index contributed by atoms with van der Waals surface area (Å²) in [5.41, 5.74) is 0.357. The molecule has 0 radical (unpaired) electrons. The van der Waals surface area contributed by atoms with Crippen molar-refractivity contribution < 1.29 is 14.7 Å². The van der Waals surface area contributed by atoms with E-state index in [-0.39, 0.29) is 22.8 Å². The van der Waals surface area contributed by atoms with E-state index in [4.69, 9.17) is 5.11 Å². The molecule has 1 atom stereocenters. The zero-order chi connectivity index (χ0) is 15.5. The number of hydrogen-bond donors (Lipinski definition) is 2. The zero-order valence-electron chi connectivity index (χ0n) is 12.7. The maximum atomic E-state index is 12.0. The SMILES string of the molecule is Cc1cc(C(=O)O)c(NC(=O)CC(C)CC(C)(C)C)s1. The van der Waals surface area contributed by atoms with Crippen LogP contribution in [0.25, 0.3) is 0 Å². The predicted octanol–water partition coefficient (Wildman–Crippen LogP) is 4.16. The van der Waals surface area contributed by atoms with Gasteiger partial charge in [-0.3, -0.25) is 4.79 Å². The molecular formula is C15H23NO3S. The topological polar surface area (TPSA) is 66.4 Å². The molecule has 1 amide bonds. The minimum atomic E-state index is -1.01. The van der Waals surface area contributed by atoms with E-state index in [2.05, 4.69) is 26.1 Å². The standard InChI is InChI=1S/C15H23NO3S/c1-9(8-15(3,4)5)6-12(17)16-13-11(14(18)19)7-10(2)20-13/h7,9H,6,8H2,1-5H3,(H,16,17)(H,18,19). The van der Waals surface area contributed by atoms with Crippen LogP contribution in [0.1, 0.15) is 55.8 Å². The van der Waals surface area contributed by atoms with Crippen molar-refractivity contribution >= 4 is 28.2 Å². The summed E-state index contributed by atoms with van der Waals surface area (Å²) in [7, 11) is 0. The molecule has 1 unspecified atom stereocenters. The van der Waals surface area contributed by atoms with Crippen molar-refractivity contribution in [1.82, 2.24) is 0 Å². The third-order valence-electron chi connectivity index (χ3n) is 2.83. The number of carbonyl (C=O) groups excluding carboxylic acids is 1. The highest BCUT2D eigenvalue weighted by Crippen LogP contribution is 2.29. The summed E-state index contributed by atoms with van der Waals surface area (Å²) in [4.78, 5) is 24.0. The van der Waals surface area contributed by atoms with Gasteiger partial charge in [0, 0.05) is 11.3 Å². The fourth-order valence-electron chi connectivity index (χ4n) is 2.38. The van der Waals surface area contributed by atoms with Crippen LogP contribution in [0.3, 0.4) is 0 Å². The quantitative estimate of drug-likeness (QED) is 0.857. The molecule has 0 bridgehead atoms. The second kappa shape index (κ2) is 6.39. The Morgan fingerprint density at radius 2 is 2.00 bits per heavy atom. The van der Waals surface area contributed by atoms with E-state index in [0.717, 1.165) is 11.3 Å². The van der Waals surface area contributed by atoms with Crippen molar-refractivity contribution in [2.24, 2.45) is 11.3 Å². The van der Waals surface area contributed by atoms with Gasteiger partial charge in [0.2, 0.25) is 5.91 Å². The number of aromatic carboxylic acids is 1. The molecule has 0 aliphatic carbocycles. The molecule has 20 heavy (non-hydrogen) atoms. The van der Waals surface area contributed by atoms with Gasteiger partial charge in [-0.05, 0) is 30.7 Å². The van der Waals surface area contributed by atoms with Crippen LogP contribution in [0.5, 0.6) is 0 Å². The van der Waals surface area contributed by atoms with Gasteiger partial charge in [-0.2, -0.15) is 0 Å². The van der Waals surface area contributed by atoms with E-state index in [0.29, 0.717) is 11.4 Å². The lowest BCUT2D eigenvalue weighted by Gasteiger charge is -2.22. The van der Waals surface area contributed by atoms with Crippen molar-refractivity contribution in [2.75, 3.05) is 5.32 Å². The Morgan fingerprint density at radius 3 is 2.50 bits per heavy atom. The Morgan fingerprint density at radius 1 is 1.40 bits per heavy atom. The number of rotatable bonds is 5. The summed E-state index contributed by atoms with van der Waals surface area (Å²) in [6.45, 7) is 10.3. The summed E-state index contributed by atoms with van der Waals surface area (Å²) in [6.07, 6.45) is 1.36. The van der Waals surface area contributed by atoms with Crippen molar-refractivity contribution in [3.63, 3.8) is 0 Å². The van der Waals surface area contributed by atoms with Crippen molar-refractivity contribution in [1.29, 1.82) is 0 Å². The minimum Gasteiger partial charge on any atom is -0.478 e. The Bertz CT molecular complexity index is 500. The first-order valence-electron chi connectivity index (χ1n) is 6.72. The number of amides is 1. The van der Waals surface area contributed by atoms with Crippen LogP contribution in [0.4, 0.5) is 5.00 Å². The number of anilines is 1. The highest BCUT2D eigenvalue weighted by Gasteiger charge is 2.20. The van der Waals surface area contributed by atoms with Gasteiger partial charge in [0.25, 0.3) is 0 Å².